The van der Waals surface area contributed by atoms with Crippen molar-refractivity contribution in [1.29, 1.82) is 0 Å². The second-order valence-corrected chi connectivity index (χ2v) is 3.36. The molecule has 15 heavy (non-hydrogen) atoms. The minimum atomic E-state index is -0.540. The van der Waals surface area contributed by atoms with Crippen LogP contribution in [-0.2, 0) is 4.84 Å². The van der Waals surface area contributed by atoms with Crippen LogP contribution in [0, 0.1) is 0 Å². The molecule has 0 aliphatic carbocycles. The van der Waals surface area contributed by atoms with Crippen LogP contribution in [0.1, 0.15) is 18.0 Å². The van der Waals surface area contributed by atoms with E-state index < -0.39 is 11.2 Å². The monoisotopic (exact) mass is 213 g/mol. The van der Waals surface area contributed by atoms with Crippen molar-refractivity contribution in [3.8, 4) is 0 Å². The second-order valence-electron chi connectivity index (χ2n) is 3.36. The van der Waals surface area contributed by atoms with Gasteiger partial charge in [-0.15, -0.1) is 0 Å². The summed E-state index contributed by atoms with van der Waals surface area (Å²) in [4.78, 5) is 31.7. The molecule has 2 heterocycles. The molecule has 4 N–H and O–H groups in total. The second kappa shape index (κ2) is 3.97. The first kappa shape index (κ1) is 10.1. The summed E-state index contributed by atoms with van der Waals surface area (Å²) in [6.07, 6.45) is 1.52. The molecular weight excluding hydrogens is 202 g/mol. The van der Waals surface area contributed by atoms with Gasteiger partial charge in [-0.1, -0.05) is 0 Å². The smallest absolute Gasteiger partial charge is 0.325 e. The lowest BCUT2D eigenvalue weighted by Crippen LogP contribution is -2.28. The molecule has 1 aromatic heterocycles. The molecule has 0 spiro atoms. The molecule has 1 aliphatic rings. The number of H-pyrrole nitrogens is 2. The number of aromatic nitrogens is 2. The van der Waals surface area contributed by atoms with E-state index in [2.05, 4.69) is 15.4 Å². The highest BCUT2D eigenvalue weighted by Crippen LogP contribution is 2.21. The fourth-order valence-electron chi connectivity index (χ4n) is 1.52. The normalized spacial score (nSPS) is 25.7. The number of hydrogen-bond donors (Lipinski definition) is 4. The summed E-state index contributed by atoms with van der Waals surface area (Å²) >= 11 is 0. The van der Waals surface area contributed by atoms with E-state index in [1.807, 2.05) is 0 Å². The Balaban J connectivity index is 2.24. The average Bonchev–Trinajstić information content (AvgIpc) is 2.66. The summed E-state index contributed by atoms with van der Waals surface area (Å²) < 4.78 is 0. The Morgan fingerprint density at radius 2 is 2.33 bits per heavy atom. The molecule has 0 amide bonds. The molecule has 1 aromatic rings. The molecule has 1 saturated heterocycles. The molecule has 2 rings (SSSR count). The lowest BCUT2D eigenvalue weighted by molar-refractivity contribution is -0.00344. The summed E-state index contributed by atoms with van der Waals surface area (Å²) in [7, 11) is 0. The SMILES string of the molecule is O=c1[nH]cc([C@H]2C[C@H](CO)ON2)c(=O)[nH]1. The number of rotatable bonds is 2. The van der Waals surface area contributed by atoms with E-state index in [1.54, 1.807) is 0 Å². The summed E-state index contributed by atoms with van der Waals surface area (Å²) in [5.74, 6) is 0. The molecule has 82 valence electrons. The third kappa shape index (κ3) is 1.99. The number of aliphatic hydroxyl groups is 1. The van der Waals surface area contributed by atoms with Gasteiger partial charge >= 0.3 is 5.69 Å². The van der Waals surface area contributed by atoms with Gasteiger partial charge in [0.1, 0.15) is 6.10 Å². The predicted octanol–water partition coefficient (Wildman–Crippen LogP) is -1.61. The Morgan fingerprint density at radius 3 is 2.93 bits per heavy atom. The zero-order chi connectivity index (χ0) is 10.8. The zero-order valence-corrected chi connectivity index (χ0v) is 7.82. The van der Waals surface area contributed by atoms with Gasteiger partial charge < -0.3 is 10.1 Å². The van der Waals surface area contributed by atoms with E-state index in [4.69, 9.17) is 9.94 Å². The number of hydroxylamine groups is 1. The van der Waals surface area contributed by atoms with Gasteiger partial charge in [-0.2, -0.15) is 5.48 Å². The average molecular weight is 213 g/mol. The van der Waals surface area contributed by atoms with Gasteiger partial charge in [0.25, 0.3) is 5.56 Å². The van der Waals surface area contributed by atoms with E-state index in [-0.39, 0.29) is 18.8 Å². The fourth-order valence-corrected chi connectivity index (χ4v) is 1.52. The van der Waals surface area contributed by atoms with Crippen LogP contribution in [0.25, 0.3) is 0 Å². The highest BCUT2D eigenvalue weighted by atomic mass is 16.7. The number of nitrogens with one attached hydrogen (secondary N) is 3. The van der Waals surface area contributed by atoms with Crippen LogP contribution >= 0.6 is 0 Å². The maximum atomic E-state index is 11.4. The molecule has 1 fully saturated rings. The van der Waals surface area contributed by atoms with Crippen LogP contribution < -0.4 is 16.7 Å². The highest BCUT2D eigenvalue weighted by Gasteiger charge is 2.27. The summed E-state index contributed by atoms with van der Waals surface area (Å²) in [6, 6.07) is -0.303. The van der Waals surface area contributed by atoms with Crippen molar-refractivity contribution in [3.63, 3.8) is 0 Å². The van der Waals surface area contributed by atoms with Crippen molar-refractivity contribution in [2.45, 2.75) is 18.6 Å². The van der Waals surface area contributed by atoms with Crippen molar-refractivity contribution < 1.29 is 9.94 Å². The molecule has 0 unspecified atom stereocenters. The van der Waals surface area contributed by atoms with Gasteiger partial charge in [0.15, 0.2) is 0 Å². The summed E-state index contributed by atoms with van der Waals surface area (Å²) in [6.45, 7) is -0.106. The maximum Gasteiger partial charge on any atom is 0.325 e. The third-order valence-electron chi connectivity index (χ3n) is 2.30. The Morgan fingerprint density at radius 1 is 1.53 bits per heavy atom. The Kier molecular flexibility index (Phi) is 2.67. The topological polar surface area (TPSA) is 107 Å². The predicted molar refractivity (Wildman–Crippen MR) is 50.1 cm³/mol. The van der Waals surface area contributed by atoms with Crippen LogP contribution in [0.2, 0.25) is 0 Å². The van der Waals surface area contributed by atoms with Crippen LogP contribution in [-0.4, -0.2) is 27.8 Å². The summed E-state index contributed by atoms with van der Waals surface area (Å²) in [5.41, 5.74) is 2.04. The third-order valence-corrected chi connectivity index (χ3v) is 2.30. The van der Waals surface area contributed by atoms with E-state index in [0.717, 1.165) is 0 Å². The van der Waals surface area contributed by atoms with Gasteiger partial charge in [-0.05, 0) is 6.42 Å². The Labute approximate surface area is 84.1 Å². The molecule has 0 saturated carbocycles. The maximum absolute atomic E-state index is 11.4. The van der Waals surface area contributed by atoms with Gasteiger partial charge in [-0.25, -0.2) is 4.79 Å². The van der Waals surface area contributed by atoms with Crippen molar-refractivity contribution in [2.75, 3.05) is 6.61 Å². The van der Waals surface area contributed by atoms with E-state index >= 15 is 0 Å². The first-order valence-corrected chi connectivity index (χ1v) is 4.54. The number of hydrogen-bond acceptors (Lipinski definition) is 5. The summed E-state index contributed by atoms with van der Waals surface area (Å²) in [5, 5.41) is 8.84. The van der Waals surface area contributed by atoms with Crippen LogP contribution in [0.5, 0.6) is 0 Å². The Hall–Kier alpha value is -1.44. The molecule has 0 aromatic carbocycles. The number of aromatic amines is 2. The minimum absolute atomic E-state index is 0.106. The first-order chi connectivity index (χ1) is 7.20. The molecule has 2 atom stereocenters. The van der Waals surface area contributed by atoms with Gasteiger partial charge in [0.2, 0.25) is 0 Å². The lowest BCUT2D eigenvalue weighted by Gasteiger charge is -2.05. The molecular formula is C8H11N3O4. The fraction of sp³-hybridized carbons (Fsp3) is 0.500. The standard InChI is InChI=1S/C8H11N3O4/c12-3-4-1-6(11-15-4)5-2-9-8(14)10-7(5)13/h2,4,6,11-12H,1,3H2,(H2,9,10,13,14)/t4-,6-/m1/s1. The van der Waals surface area contributed by atoms with E-state index in [1.165, 1.54) is 6.20 Å². The molecule has 7 heteroatoms. The van der Waals surface area contributed by atoms with Crippen molar-refractivity contribution in [2.24, 2.45) is 0 Å². The van der Waals surface area contributed by atoms with Gasteiger partial charge in [-0.3, -0.25) is 14.6 Å². The zero-order valence-electron chi connectivity index (χ0n) is 7.82. The van der Waals surface area contributed by atoms with Gasteiger partial charge in [0, 0.05) is 6.20 Å². The molecule has 0 radical (unpaired) electrons. The van der Waals surface area contributed by atoms with Crippen LogP contribution in [0.4, 0.5) is 0 Å². The van der Waals surface area contributed by atoms with Gasteiger partial charge in [0.05, 0.1) is 18.2 Å². The van der Waals surface area contributed by atoms with Crippen molar-refractivity contribution in [1.82, 2.24) is 15.4 Å². The highest BCUT2D eigenvalue weighted by molar-refractivity contribution is 5.10. The van der Waals surface area contributed by atoms with E-state index in [9.17, 15) is 9.59 Å². The van der Waals surface area contributed by atoms with Crippen molar-refractivity contribution >= 4 is 0 Å². The number of aliphatic hydroxyl groups excluding tert-OH is 1. The lowest BCUT2D eigenvalue weighted by atomic mass is 10.1. The molecule has 1 aliphatic heterocycles. The van der Waals surface area contributed by atoms with Crippen molar-refractivity contribution in [3.05, 3.63) is 32.6 Å². The molecule has 7 nitrogen and oxygen atoms in total. The minimum Gasteiger partial charge on any atom is -0.394 e. The van der Waals surface area contributed by atoms with Crippen LogP contribution in [0.15, 0.2) is 15.8 Å². The Bertz CT molecular complexity index is 452. The molecule has 0 bridgehead atoms. The quantitative estimate of drug-likeness (QED) is 0.473. The largest absolute Gasteiger partial charge is 0.394 e. The first-order valence-electron chi connectivity index (χ1n) is 4.54. The van der Waals surface area contributed by atoms with Crippen LogP contribution in [0.3, 0.4) is 0 Å². The van der Waals surface area contributed by atoms with E-state index in [0.29, 0.717) is 12.0 Å².